The van der Waals surface area contributed by atoms with Crippen LogP contribution < -0.4 is 15.5 Å². The summed E-state index contributed by atoms with van der Waals surface area (Å²) in [6.45, 7) is 2.99. The highest BCUT2D eigenvalue weighted by Gasteiger charge is 2.15. The summed E-state index contributed by atoms with van der Waals surface area (Å²) in [7, 11) is 0. The first kappa shape index (κ1) is 25.4. The van der Waals surface area contributed by atoms with Crippen molar-refractivity contribution in [2.24, 2.45) is 0 Å². The van der Waals surface area contributed by atoms with Crippen LogP contribution in [-0.4, -0.2) is 52.9 Å². The molecule has 6 nitrogen and oxygen atoms in total. The molecule has 1 aromatic heterocycles. The number of hydrogen-bond donors (Lipinski definition) is 5. The minimum absolute atomic E-state index is 0.0158. The predicted molar refractivity (Wildman–Crippen MR) is 137 cm³/mol. The van der Waals surface area contributed by atoms with Crippen molar-refractivity contribution < 1.29 is 10.2 Å². The Labute approximate surface area is 205 Å². The number of aromatic hydroxyl groups is 1. The van der Waals surface area contributed by atoms with E-state index < -0.39 is 6.10 Å². The molecular weight excluding hydrogens is 489 g/mol. The van der Waals surface area contributed by atoms with Gasteiger partial charge >= 0.3 is 4.87 Å². The van der Waals surface area contributed by atoms with Crippen LogP contribution in [0.15, 0.2) is 35.1 Å². The van der Waals surface area contributed by atoms with Crippen molar-refractivity contribution in [3.8, 4) is 5.75 Å². The molecule has 3 aromatic rings. The van der Waals surface area contributed by atoms with E-state index in [0.29, 0.717) is 32.4 Å². The summed E-state index contributed by atoms with van der Waals surface area (Å²) in [4.78, 5) is 13.9. The second kappa shape index (κ2) is 12.8. The molecular formula is C22H27Cl2N3O3S2. The average Bonchev–Trinajstić information content (AvgIpc) is 3.17. The molecule has 0 amide bonds. The fourth-order valence-electron chi connectivity index (χ4n) is 3.29. The van der Waals surface area contributed by atoms with Crippen molar-refractivity contribution in [2.45, 2.75) is 18.9 Å². The summed E-state index contributed by atoms with van der Waals surface area (Å²) in [6.07, 6.45) is 1.11. The molecule has 1 heterocycles. The maximum absolute atomic E-state index is 11.6. The molecule has 5 N–H and O–H groups in total. The first-order valence-electron chi connectivity index (χ1n) is 10.4. The monoisotopic (exact) mass is 515 g/mol. The lowest BCUT2D eigenvalue weighted by atomic mass is 10.1. The number of halogens is 2. The van der Waals surface area contributed by atoms with Gasteiger partial charge in [0.25, 0.3) is 0 Å². The second-order valence-corrected chi connectivity index (χ2v) is 10.3. The quantitative estimate of drug-likeness (QED) is 0.219. The zero-order chi connectivity index (χ0) is 22.9. The van der Waals surface area contributed by atoms with Gasteiger partial charge in [-0.25, -0.2) is 0 Å². The largest absolute Gasteiger partial charge is 0.506 e. The van der Waals surface area contributed by atoms with Gasteiger partial charge in [0.05, 0.1) is 20.8 Å². The minimum Gasteiger partial charge on any atom is -0.506 e. The van der Waals surface area contributed by atoms with Crippen molar-refractivity contribution in [2.75, 3.05) is 37.7 Å². The normalized spacial score (nSPS) is 12.5. The van der Waals surface area contributed by atoms with Crippen molar-refractivity contribution in [1.29, 1.82) is 0 Å². The van der Waals surface area contributed by atoms with Gasteiger partial charge in [-0.3, -0.25) is 4.79 Å². The molecule has 0 spiro atoms. The first-order chi connectivity index (χ1) is 15.5. The smallest absolute Gasteiger partial charge is 0.305 e. The standard InChI is InChI=1S/C22H27Cl2N3O3S2/c23-16-4-1-3-14(19(16)24)7-9-25-10-12-31-11-2-8-26-13-18(29)15-5-6-17(28)20-21(15)32-22(30)27-20/h1,3-6,18,25-26,28-29H,2,7-13H2,(H,27,30)/t18-/m0/s1. The number of phenols is 1. The summed E-state index contributed by atoms with van der Waals surface area (Å²) in [5.74, 6) is 2.08. The Morgan fingerprint density at radius 2 is 1.94 bits per heavy atom. The lowest BCUT2D eigenvalue weighted by Crippen LogP contribution is -2.23. The summed E-state index contributed by atoms with van der Waals surface area (Å²) in [5, 5.41) is 28.2. The number of thiazole rings is 1. The lowest BCUT2D eigenvalue weighted by molar-refractivity contribution is 0.176. The van der Waals surface area contributed by atoms with Crippen LogP contribution in [0.5, 0.6) is 5.75 Å². The van der Waals surface area contributed by atoms with Crippen LogP contribution in [0.3, 0.4) is 0 Å². The topological polar surface area (TPSA) is 97.4 Å². The van der Waals surface area contributed by atoms with Crippen LogP contribution in [0, 0.1) is 0 Å². The molecule has 174 valence electrons. The molecule has 3 rings (SSSR count). The maximum atomic E-state index is 11.6. The SMILES string of the molecule is O=c1[nH]c2c(O)ccc([C@@H](O)CNCCCSCCNCCc3cccc(Cl)c3Cl)c2s1. The van der Waals surface area contributed by atoms with E-state index in [1.807, 2.05) is 23.9 Å². The van der Waals surface area contributed by atoms with Gasteiger partial charge < -0.3 is 25.8 Å². The third kappa shape index (κ3) is 7.12. The molecule has 0 aliphatic heterocycles. The molecule has 10 heteroatoms. The predicted octanol–water partition coefficient (Wildman–Crippen LogP) is 4.18. The fraction of sp³-hybridized carbons (Fsp3) is 0.409. The molecule has 0 radical (unpaired) electrons. The molecule has 0 aliphatic rings. The number of thioether (sulfide) groups is 1. The van der Waals surface area contributed by atoms with Gasteiger partial charge in [-0.1, -0.05) is 52.7 Å². The number of aromatic nitrogens is 1. The Hall–Kier alpha value is -1.26. The fourth-order valence-corrected chi connectivity index (χ4v) is 5.46. The Morgan fingerprint density at radius 1 is 1.09 bits per heavy atom. The van der Waals surface area contributed by atoms with E-state index in [0.717, 1.165) is 60.9 Å². The number of H-pyrrole nitrogens is 1. The van der Waals surface area contributed by atoms with Crippen LogP contribution in [0.1, 0.15) is 23.7 Å². The highest BCUT2D eigenvalue weighted by atomic mass is 35.5. The van der Waals surface area contributed by atoms with E-state index in [4.69, 9.17) is 23.2 Å². The summed E-state index contributed by atoms with van der Waals surface area (Å²) in [6, 6.07) is 8.87. The van der Waals surface area contributed by atoms with Crippen LogP contribution in [0.25, 0.3) is 10.2 Å². The van der Waals surface area contributed by atoms with E-state index in [1.165, 1.54) is 6.07 Å². The Morgan fingerprint density at radius 3 is 2.78 bits per heavy atom. The third-order valence-electron chi connectivity index (χ3n) is 4.95. The second-order valence-electron chi connectivity index (χ2n) is 7.29. The Kier molecular flexibility index (Phi) is 10.2. The highest BCUT2D eigenvalue weighted by molar-refractivity contribution is 7.99. The maximum Gasteiger partial charge on any atom is 0.305 e. The van der Waals surface area contributed by atoms with Gasteiger partial charge in [0, 0.05) is 24.4 Å². The van der Waals surface area contributed by atoms with Gasteiger partial charge in [-0.05, 0) is 49.4 Å². The van der Waals surface area contributed by atoms with E-state index in [1.54, 1.807) is 12.1 Å². The van der Waals surface area contributed by atoms with Crippen LogP contribution in [0.4, 0.5) is 0 Å². The lowest BCUT2D eigenvalue weighted by Gasteiger charge is -2.13. The third-order valence-corrected chi connectivity index (χ3v) is 7.81. The molecule has 32 heavy (non-hydrogen) atoms. The van der Waals surface area contributed by atoms with E-state index in [9.17, 15) is 15.0 Å². The van der Waals surface area contributed by atoms with Crippen molar-refractivity contribution in [3.05, 3.63) is 61.2 Å². The van der Waals surface area contributed by atoms with Crippen LogP contribution in [-0.2, 0) is 6.42 Å². The van der Waals surface area contributed by atoms with Gasteiger partial charge in [0.15, 0.2) is 0 Å². The number of benzene rings is 2. The summed E-state index contributed by atoms with van der Waals surface area (Å²) >= 11 is 15.1. The number of phenolic OH excluding ortho intramolecular Hbond substituents is 1. The molecule has 0 fully saturated rings. The Balaban J connectivity index is 1.24. The molecule has 0 aliphatic carbocycles. The zero-order valence-electron chi connectivity index (χ0n) is 17.5. The number of aliphatic hydroxyl groups excluding tert-OH is 1. The van der Waals surface area contributed by atoms with E-state index >= 15 is 0 Å². The van der Waals surface area contributed by atoms with Gasteiger partial charge in [-0.15, -0.1) is 0 Å². The van der Waals surface area contributed by atoms with Gasteiger partial charge in [0.2, 0.25) is 0 Å². The summed E-state index contributed by atoms with van der Waals surface area (Å²) < 4.78 is 0.602. The number of fused-ring (bicyclic) bond motifs is 1. The minimum atomic E-state index is -0.741. The van der Waals surface area contributed by atoms with Crippen molar-refractivity contribution in [3.63, 3.8) is 0 Å². The molecule has 0 bridgehead atoms. The number of aliphatic hydroxyl groups is 1. The highest BCUT2D eigenvalue weighted by Crippen LogP contribution is 2.31. The van der Waals surface area contributed by atoms with Crippen molar-refractivity contribution >= 4 is 56.5 Å². The van der Waals surface area contributed by atoms with Crippen LogP contribution >= 0.6 is 46.3 Å². The van der Waals surface area contributed by atoms with Gasteiger partial charge in [0.1, 0.15) is 11.3 Å². The number of aromatic amines is 1. The van der Waals surface area contributed by atoms with E-state index in [-0.39, 0.29) is 10.6 Å². The molecule has 0 unspecified atom stereocenters. The zero-order valence-corrected chi connectivity index (χ0v) is 20.6. The average molecular weight is 517 g/mol. The number of nitrogens with one attached hydrogen (secondary N) is 3. The first-order valence-corrected chi connectivity index (χ1v) is 13.1. The van der Waals surface area contributed by atoms with Crippen LogP contribution in [0.2, 0.25) is 10.0 Å². The Bertz CT molecular complexity index is 1070. The number of rotatable bonds is 13. The van der Waals surface area contributed by atoms with Crippen molar-refractivity contribution in [1.82, 2.24) is 15.6 Å². The summed E-state index contributed by atoms with van der Waals surface area (Å²) in [5.41, 5.74) is 2.09. The molecule has 1 atom stereocenters. The molecule has 0 saturated heterocycles. The van der Waals surface area contributed by atoms with Gasteiger partial charge in [-0.2, -0.15) is 11.8 Å². The molecule has 0 saturated carbocycles. The molecule has 2 aromatic carbocycles. The number of hydrogen-bond acceptors (Lipinski definition) is 7. The van der Waals surface area contributed by atoms with E-state index in [2.05, 4.69) is 15.6 Å².